The van der Waals surface area contributed by atoms with Crippen molar-refractivity contribution in [2.24, 2.45) is 0 Å². The van der Waals surface area contributed by atoms with E-state index >= 15 is 0 Å². The van der Waals surface area contributed by atoms with Crippen molar-refractivity contribution in [3.8, 4) is 0 Å². The zero-order chi connectivity index (χ0) is 17.5. The maximum Gasteiger partial charge on any atom is 0.0685 e. The molecule has 1 aliphatic heterocycles. The second kappa shape index (κ2) is 9.11. The van der Waals surface area contributed by atoms with Crippen molar-refractivity contribution in [3.05, 3.63) is 71.3 Å². The minimum atomic E-state index is 0.0812. The number of ether oxygens (including phenoxy) is 1. The second-order valence-electron chi connectivity index (χ2n) is 6.60. The van der Waals surface area contributed by atoms with Gasteiger partial charge in [-0.25, -0.2) is 0 Å². The Kier molecular flexibility index (Phi) is 6.59. The first-order chi connectivity index (χ1) is 12.3. The summed E-state index contributed by atoms with van der Waals surface area (Å²) in [6.07, 6.45) is 0. The lowest BCUT2D eigenvalue weighted by molar-refractivity contribution is 0.00853. The third kappa shape index (κ3) is 4.67. The van der Waals surface area contributed by atoms with E-state index in [1.807, 2.05) is 18.2 Å². The fourth-order valence-corrected chi connectivity index (χ4v) is 3.59. The summed E-state index contributed by atoms with van der Waals surface area (Å²) in [5.74, 6) is 0. The highest BCUT2D eigenvalue weighted by molar-refractivity contribution is 5.26. The SMILES string of the molecule is CC(NCc1ccccc1CO)C(c1ccccc1)N1CCOCC1. The van der Waals surface area contributed by atoms with Gasteiger partial charge in [-0.15, -0.1) is 0 Å². The zero-order valence-electron chi connectivity index (χ0n) is 14.9. The van der Waals surface area contributed by atoms with E-state index in [0.29, 0.717) is 6.04 Å². The van der Waals surface area contributed by atoms with Crippen LogP contribution in [0.3, 0.4) is 0 Å². The normalized spacial score (nSPS) is 18.0. The number of hydrogen-bond acceptors (Lipinski definition) is 4. The highest BCUT2D eigenvalue weighted by atomic mass is 16.5. The Morgan fingerprint density at radius 3 is 2.32 bits per heavy atom. The molecule has 0 aliphatic carbocycles. The van der Waals surface area contributed by atoms with Crippen LogP contribution in [0.4, 0.5) is 0 Å². The van der Waals surface area contributed by atoms with Gasteiger partial charge < -0.3 is 15.2 Å². The molecule has 1 heterocycles. The van der Waals surface area contributed by atoms with E-state index in [2.05, 4.69) is 53.5 Å². The molecule has 2 aromatic carbocycles. The van der Waals surface area contributed by atoms with Crippen molar-refractivity contribution >= 4 is 0 Å². The minimum Gasteiger partial charge on any atom is -0.392 e. The van der Waals surface area contributed by atoms with Crippen LogP contribution in [-0.2, 0) is 17.9 Å². The Morgan fingerprint density at radius 2 is 1.64 bits per heavy atom. The van der Waals surface area contributed by atoms with Crippen molar-refractivity contribution in [3.63, 3.8) is 0 Å². The second-order valence-corrected chi connectivity index (χ2v) is 6.60. The van der Waals surface area contributed by atoms with Crippen molar-refractivity contribution in [1.82, 2.24) is 10.2 Å². The van der Waals surface area contributed by atoms with Crippen molar-refractivity contribution in [2.75, 3.05) is 26.3 Å². The number of hydrogen-bond donors (Lipinski definition) is 2. The molecule has 0 radical (unpaired) electrons. The van der Waals surface area contributed by atoms with Gasteiger partial charge in [0.25, 0.3) is 0 Å². The summed E-state index contributed by atoms with van der Waals surface area (Å²) in [4.78, 5) is 2.51. The van der Waals surface area contributed by atoms with E-state index in [1.54, 1.807) is 0 Å². The summed E-state index contributed by atoms with van der Waals surface area (Å²) in [5, 5.41) is 13.2. The van der Waals surface area contributed by atoms with Gasteiger partial charge in [-0.2, -0.15) is 0 Å². The molecule has 4 nitrogen and oxygen atoms in total. The Hall–Kier alpha value is -1.72. The predicted molar refractivity (Wildman–Crippen MR) is 100 cm³/mol. The third-order valence-electron chi connectivity index (χ3n) is 4.96. The van der Waals surface area contributed by atoms with Crippen LogP contribution in [0.2, 0.25) is 0 Å². The van der Waals surface area contributed by atoms with E-state index < -0.39 is 0 Å². The van der Waals surface area contributed by atoms with Crippen LogP contribution in [0, 0.1) is 0 Å². The summed E-state index contributed by atoms with van der Waals surface area (Å²) in [6, 6.07) is 19.4. The van der Waals surface area contributed by atoms with Gasteiger partial charge in [0.05, 0.1) is 25.9 Å². The van der Waals surface area contributed by atoms with Crippen LogP contribution in [0.25, 0.3) is 0 Å². The van der Waals surface area contributed by atoms with Gasteiger partial charge in [0.2, 0.25) is 0 Å². The largest absolute Gasteiger partial charge is 0.392 e. The lowest BCUT2D eigenvalue weighted by Crippen LogP contribution is -2.46. The molecule has 2 aromatic rings. The quantitative estimate of drug-likeness (QED) is 0.813. The molecule has 0 spiro atoms. The first-order valence-corrected chi connectivity index (χ1v) is 9.07. The highest BCUT2D eigenvalue weighted by Crippen LogP contribution is 2.25. The molecule has 2 unspecified atom stereocenters. The summed E-state index contributed by atoms with van der Waals surface area (Å²) in [6.45, 7) is 6.59. The average Bonchev–Trinajstić information content (AvgIpc) is 2.68. The standard InChI is InChI=1S/C21H28N2O2/c1-17(22-15-19-9-5-6-10-20(19)16-24)21(18-7-3-2-4-8-18)23-11-13-25-14-12-23/h2-10,17,21-22,24H,11-16H2,1H3. The molecule has 1 saturated heterocycles. The molecule has 1 aliphatic rings. The monoisotopic (exact) mass is 340 g/mol. The Balaban J connectivity index is 1.73. The van der Waals surface area contributed by atoms with E-state index in [-0.39, 0.29) is 12.6 Å². The molecule has 25 heavy (non-hydrogen) atoms. The third-order valence-corrected chi connectivity index (χ3v) is 4.96. The van der Waals surface area contributed by atoms with E-state index in [0.717, 1.165) is 44.0 Å². The Morgan fingerprint density at radius 1 is 1.00 bits per heavy atom. The number of rotatable bonds is 7. The zero-order valence-corrected chi connectivity index (χ0v) is 14.9. The lowest BCUT2D eigenvalue weighted by Gasteiger charge is -2.38. The highest BCUT2D eigenvalue weighted by Gasteiger charge is 2.27. The van der Waals surface area contributed by atoms with Gasteiger partial charge >= 0.3 is 0 Å². The number of aliphatic hydroxyl groups excluding tert-OH is 1. The fraction of sp³-hybridized carbons (Fsp3) is 0.429. The van der Waals surface area contributed by atoms with Gasteiger partial charge in [0, 0.05) is 25.7 Å². The molecule has 0 amide bonds. The van der Waals surface area contributed by atoms with E-state index in [1.165, 1.54) is 5.56 Å². The molecule has 3 rings (SSSR count). The van der Waals surface area contributed by atoms with Gasteiger partial charge in [0.1, 0.15) is 0 Å². The van der Waals surface area contributed by atoms with Gasteiger partial charge in [0.15, 0.2) is 0 Å². The summed E-state index contributed by atoms with van der Waals surface area (Å²) < 4.78 is 5.54. The van der Waals surface area contributed by atoms with Crippen LogP contribution in [-0.4, -0.2) is 42.4 Å². The van der Waals surface area contributed by atoms with E-state index in [9.17, 15) is 5.11 Å². The number of aliphatic hydroxyl groups is 1. The lowest BCUT2D eigenvalue weighted by atomic mass is 9.97. The molecule has 1 fully saturated rings. The molecule has 2 atom stereocenters. The predicted octanol–water partition coefficient (Wildman–Crippen LogP) is 2.73. The molecule has 2 N–H and O–H groups in total. The fourth-order valence-electron chi connectivity index (χ4n) is 3.59. The first kappa shape index (κ1) is 18.1. The molecule has 0 bridgehead atoms. The number of nitrogens with zero attached hydrogens (tertiary/aromatic N) is 1. The van der Waals surface area contributed by atoms with Gasteiger partial charge in [-0.1, -0.05) is 54.6 Å². The van der Waals surface area contributed by atoms with E-state index in [4.69, 9.17) is 4.74 Å². The smallest absolute Gasteiger partial charge is 0.0685 e. The molecule has 0 saturated carbocycles. The van der Waals surface area contributed by atoms with Crippen molar-refractivity contribution in [1.29, 1.82) is 0 Å². The van der Waals surface area contributed by atoms with Crippen LogP contribution in [0.5, 0.6) is 0 Å². The molecular weight excluding hydrogens is 312 g/mol. The molecular formula is C21H28N2O2. The summed E-state index contributed by atoms with van der Waals surface area (Å²) >= 11 is 0. The number of morpholine rings is 1. The van der Waals surface area contributed by atoms with Crippen LogP contribution < -0.4 is 5.32 Å². The Bertz CT molecular complexity index is 641. The average molecular weight is 340 g/mol. The molecule has 134 valence electrons. The Labute approximate surface area is 150 Å². The van der Waals surface area contributed by atoms with Crippen molar-refractivity contribution in [2.45, 2.75) is 32.2 Å². The first-order valence-electron chi connectivity index (χ1n) is 9.07. The maximum absolute atomic E-state index is 9.52. The van der Waals surface area contributed by atoms with Crippen molar-refractivity contribution < 1.29 is 9.84 Å². The number of nitrogens with one attached hydrogen (secondary N) is 1. The minimum absolute atomic E-state index is 0.0812. The summed E-state index contributed by atoms with van der Waals surface area (Å²) in [5.41, 5.74) is 3.48. The number of benzene rings is 2. The van der Waals surface area contributed by atoms with Gasteiger partial charge in [-0.3, -0.25) is 4.90 Å². The molecule has 4 heteroatoms. The van der Waals surface area contributed by atoms with Crippen LogP contribution >= 0.6 is 0 Å². The maximum atomic E-state index is 9.52. The van der Waals surface area contributed by atoms with Crippen LogP contribution in [0.15, 0.2) is 54.6 Å². The topological polar surface area (TPSA) is 44.7 Å². The van der Waals surface area contributed by atoms with Crippen LogP contribution in [0.1, 0.15) is 29.7 Å². The molecule has 0 aromatic heterocycles. The summed E-state index contributed by atoms with van der Waals surface area (Å²) in [7, 11) is 0. The van der Waals surface area contributed by atoms with Gasteiger partial charge in [-0.05, 0) is 23.6 Å².